The zero-order chi connectivity index (χ0) is 35.1. The lowest BCUT2D eigenvalue weighted by atomic mass is 9.98. The van der Waals surface area contributed by atoms with Gasteiger partial charge in [-0.1, -0.05) is 158 Å². The minimum atomic E-state index is 0.608. The highest BCUT2D eigenvalue weighted by Crippen LogP contribution is 2.40. The van der Waals surface area contributed by atoms with Crippen LogP contribution in [0.3, 0.4) is 0 Å². The lowest BCUT2D eigenvalue weighted by molar-refractivity contribution is 0.672. The van der Waals surface area contributed by atoms with Gasteiger partial charge in [0.15, 0.2) is 17.5 Å². The van der Waals surface area contributed by atoms with Crippen molar-refractivity contribution in [2.24, 2.45) is 0 Å². The topological polar surface area (TPSA) is 64.7 Å². The van der Waals surface area contributed by atoms with Crippen LogP contribution in [0.25, 0.3) is 101 Å². The molecule has 0 spiro atoms. The van der Waals surface area contributed by atoms with Crippen molar-refractivity contribution >= 4 is 32.8 Å². The fraction of sp³-hybridized carbons (Fsp3) is 0. The van der Waals surface area contributed by atoms with Gasteiger partial charge in [0.25, 0.3) is 0 Å². The van der Waals surface area contributed by atoms with Crippen molar-refractivity contribution in [3.05, 3.63) is 182 Å². The lowest BCUT2D eigenvalue weighted by Crippen LogP contribution is -2.00. The molecule has 0 N–H and O–H groups in total. The second-order valence-corrected chi connectivity index (χ2v) is 13.1. The predicted molar refractivity (Wildman–Crippen MR) is 215 cm³/mol. The van der Waals surface area contributed by atoms with E-state index in [-0.39, 0.29) is 0 Å². The van der Waals surface area contributed by atoms with Crippen LogP contribution < -0.4 is 0 Å². The summed E-state index contributed by atoms with van der Waals surface area (Å²) in [6.45, 7) is 0. The van der Waals surface area contributed by atoms with Crippen molar-refractivity contribution < 1.29 is 4.42 Å². The number of benzene rings is 7. The first-order valence-corrected chi connectivity index (χ1v) is 17.6. The molecule has 0 saturated heterocycles. The monoisotopic (exact) mass is 678 g/mol. The average molecular weight is 679 g/mol. The number of hydrogen-bond donors (Lipinski definition) is 0. The number of para-hydroxylation sites is 1. The van der Waals surface area contributed by atoms with Gasteiger partial charge in [0.2, 0.25) is 0 Å². The Balaban J connectivity index is 1.09. The first kappa shape index (κ1) is 30.6. The molecule has 0 bridgehead atoms. The molecule has 7 aromatic carbocycles. The molecule has 3 aromatic heterocycles. The van der Waals surface area contributed by atoms with E-state index in [2.05, 4.69) is 109 Å². The van der Waals surface area contributed by atoms with E-state index in [9.17, 15) is 0 Å². The van der Waals surface area contributed by atoms with Gasteiger partial charge < -0.3 is 4.42 Å². The molecule has 0 aliphatic rings. The standard InChI is InChI=1S/C48H30N4O/c1-4-13-31(14-5-1)32-23-25-35(26-24-32)47-50-46(34-17-8-3-9-18-34)51-48(52-47)38-20-12-19-36(29-38)37-27-28-39-41(30-37)49-44(33-15-6-2-7-16-33)43-40-21-10-11-22-42(40)53-45(39)43/h1-30H. The summed E-state index contributed by atoms with van der Waals surface area (Å²) in [7, 11) is 0. The van der Waals surface area contributed by atoms with Gasteiger partial charge in [0.05, 0.1) is 16.6 Å². The van der Waals surface area contributed by atoms with Crippen molar-refractivity contribution in [1.29, 1.82) is 0 Å². The minimum absolute atomic E-state index is 0.608. The summed E-state index contributed by atoms with van der Waals surface area (Å²) >= 11 is 0. The molecule has 10 rings (SSSR count). The van der Waals surface area contributed by atoms with E-state index in [1.165, 1.54) is 5.56 Å². The third-order valence-electron chi connectivity index (χ3n) is 9.73. The summed E-state index contributed by atoms with van der Waals surface area (Å²) in [6, 6.07) is 62.1. The molecule has 248 valence electrons. The molecule has 0 radical (unpaired) electrons. The third kappa shape index (κ3) is 5.61. The van der Waals surface area contributed by atoms with Crippen LogP contribution in [0.4, 0.5) is 0 Å². The molecule has 0 unspecified atom stereocenters. The Kier molecular flexibility index (Phi) is 7.40. The molecular weight excluding hydrogens is 649 g/mol. The van der Waals surface area contributed by atoms with Crippen molar-refractivity contribution in [1.82, 2.24) is 19.9 Å². The predicted octanol–water partition coefficient (Wildman–Crippen LogP) is 12.3. The summed E-state index contributed by atoms with van der Waals surface area (Å²) in [5, 5.41) is 3.07. The number of hydrogen-bond acceptors (Lipinski definition) is 5. The second-order valence-electron chi connectivity index (χ2n) is 13.1. The van der Waals surface area contributed by atoms with E-state index in [0.29, 0.717) is 17.5 Å². The molecule has 5 heteroatoms. The Morgan fingerprint density at radius 3 is 1.53 bits per heavy atom. The van der Waals surface area contributed by atoms with E-state index in [1.807, 2.05) is 72.8 Å². The van der Waals surface area contributed by atoms with Gasteiger partial charge in [-0.2, -0.15) is 0 Å². The molecule has 0 amide bonds. The fourth-order valence-electron chi connectivity index (χ4n) is 7.08. The smallest absolute Gasteiger partial charge is 0.164 e. The molecule has 53 heavy (non-hydrogen) atoms. The largest absolute Gasteiger partial charge is 0.455 e. The molecule has 0 aliphatic heterocycles. The Morgan fingerprint density at radius 1 is 0.321 bits per heavy atom. The molecule has 0 saturated carbocycles. The second kappa shape index (κ2) is 12.8. The van der Waals surface area contributed by atoms with Gasteiger partial charge in [-0.15, -0.1) is 0 Å². The molecule has 0 fully saturated rings. The Bertz CT molecular complexity index is 2920. The zero-order valence-corrected chi connectivity index (χ0v) is 28.5. The first-order chi connectivity index (χ1) is 26.2. The third-order valence-corrected chi connectivity index (χ3v) is 9.73. The van der Waals surface area contributed by atoms with Crippen LogP contribution in [0.2, 0.25) is 0 Å². The van der Waals surface area contributed by atoms with Crippen molar-refractivity contribution in [2.45, 2.75) is 0 Å². The highest BCUT2D eigenvalue weighted by molar-refractivity contribution is 6.19. The van der Waals surface area contributed by atoms with Crippen LogP contribution in [0.15, 0.2) is 186 Å². The Labute approximate surface area is 305 Å². The van der Waals surface area contributed by atoms with Gasteiger partial charge in [-0.25, -0.2) is 19.9 Å². The SMILES string of the molecule is c1ccc(-c2ccc(-c3nc(-c4ccccc4)nc(-c4cccc(-c5ccc6c(c5)nc(-c5ccccc5)c5c7ccccc7oc65)c4)n3)cc2)cc1. The number of fused-ring (bicyclic) bond motifs is 5. The van der Waals surface area contributed by atoms with Gasteiger partial charge in [-0.3, -0.25) is 0 Å². The summed E-state index contributed by atoms with van der Waals surface area (Å²) in [5.74, 6) is 1.86. The van der Waals surface area contributed by atoms with Crippen LogP contribution in [0, 0.1) is 0 Å². The Hall–Kier alpha value is -7.24. The highest BCUT2D eigenvalue weighted by atomic mass is 16.3. The van der Waals surface area contributed by atoms with Gasteiger partial charge >= 0.3 is 0 Å². The maximum absolute atomic E-state index is 6.51. The first-order valence-electron chi connectivity index (χ1n) is 17.6. The summed E-state index contributed by atoms with van der Waals surface area (Å²) < 4.78 is 6.51. The van der Waals surface area contributed by atoms with E-state index < -0.39 is 0 Å². The lowest BCUT2D eigenvalue weighted by Gasteiger charge is -2.11. The summed E-state index contributed by atoms with van der Waals surface area (Å²) in [4.78, 5) is 20.3. The molecule has 3 heterocycles. The van der Waals surface area contributed by atoms with Crippen molar-refractivity contribution in [2.75, 3.05) is 0 Å². The average Bonchev–Trinajstić information content (AvgIpc) is 3.64. The van der Waals surface area contributed by atoms with Crippen molar-refractivity contribution in [3.63, 3.8) is 0 Å². The summed E-state index contributed by atoms with van der Waals surface area (Å²) in [6.07, 6.45) is 0. The van der Waals surface area contributed by atoms with E-state index in [0.717, 1.165) is 77.5 Å². The molecule has 10 aromatic rings. The quantitative estimate of drug-likeness (QED) is 0.175. The number of rotatable bonds is 6. The maximum atomic E-state index is 6.51. The molecular formula is C48H30N4O. The molecule has 5 nitrogen and oxygen atoms in total. The van der Waals surface area contributed by atoms with E-state index in [1.54, 1.807) is 0 Å². The normalized spacial score (nSPS) is 11.4. The number of aromatic nitrogens is 4. The van der Waals surface area contributed by atoms with Gasteiger partial charge in [-0.05, 0) is 46.5 Å². The van der Waals surface area contributed by atoms with Crippen LogP contribution in [-0.2, 0) is 0 Å². The van der Waals surface area contributed by atoms with Gasteiger partial charge in [0, 0.05) is 33.0 Å². The minimum Gasteiger partial charge on any atom is -0.455 e. The van der Waals surface area contributed by atoms with Crippen LogP contribution in [-0.4, -0.2) is 19.9 Å². The maximum Gasteiger partial charge on any atom is 0.164 e. The number of furan rings is 1. The summed E-state index contributed by atoms with van der Waals surface area (Å²) in [5.41, 5.74) is 11.7. The molecule has 0 aliphatic carbocycles. The van der Waals surface area contributed by atoms with Gasteiger partial charge in [0.1, 0.15) is 11.2 Å². The molecule has 0 atom stereocenters. The van der Waals surface area contributed by atoms with E-state index in [4.69, 9.17) is 24.4 Å². The number of pyridine rings is 1. The van der Waals surface area contributed by atoms with Crippen LogP contribution >= 0.6 is 0 Å². The fourth-order valence-corrected chi connectivity index (χ4v) is 7.08. The van der Waals surface area contributed by atoms with Crippen LogP contribution in [0.1, 0.15) is 0 Å². The highest BCUT2D eigenvalue weighted by Gasteiger charge is 2.19. The van der Waals surface area contributed by atoms with E-state index >= 15 is 0 Å². The zero-order valence-electron chi connectivity index (χ0n) is 28.5. The number of nitrogens with zero attached hydrogens (tertiary/aromatic N) is 4. The Morgan fingerprint density at radius 2 is 0.811 bits per heavy atom. The van der Waals surface area contributed by atoms with Crippen LogP contribution in [0.5, 0.6) is 0 Å². The van der Waals surface area contributed by atoms with Crippen molar-refractivity contribution in [3.8, 4) is 67.7 Å².